The van der Waals surface area contributed by atoms with Crippen LogP contribution in [0.15, 0.2) is 0 Å². The quantitative estimate of drug-likeness (QED) is 0.788. The molecule has 94 valence electrons. The molecule has 0 aromatic carbocycles. The van der Waals surface area contributed by atoms with Crippen LogP contribution in [0.4, 0.5) is 0 Å². The third-order valence-electron chi connectivity index (χ3n) is 2.90. The molecule has 1 N–H and O–H groups in total. The van der Waals surface area contributed by atoms with Crippen LogP contribution in [0, 0.1) is 11.3 Å². The molecule has 0 radical (unpaired) electrons. The normalized spacial score (nSPS) is 25.8. The number of ether oxygens (including phenoxy) is 2. The predicted octanol–water partition coefficient (Wildman–Crippen LogP) is 1.20. The van der Waals surface area contributed by atoms with Gasteiger partial charge in [-0.2, -0.15) is 0 Å². The number of amides is 1. The standard InChI is InChI=1S/C12H23NO3/c1-12(2,3)11-9(5-6-16-11)7-13-10(14)8-15-4/h9,11H,5-8H2,1-4H3,(H,13,14)/t9-,11+/m1/s1. The lowest BCUT2D eigenvalue weighted by Crippen LogP contribution is -2.39. The van der Waals surface area contributed by atoms with Crippen LogP contribution in [-0.2, 0) is 14.3 Å². The summed E-state index contributed by atoms with van der Waals surface area (Å²) in [6, 6.07) is 0. The second-order valence-electron chi connectivity index (χ2n) is 5.44. The van der Waals surface area contributed by atoms with Crippen molar-refractivity contribution in [1.29, 1.82) is 0 Å². The van der Waals surface area contributed by atoms with Crippen LogP contribution in [0.25, 0.3) is 0 Å². The molecule has 1 aliphatic heterocycles. The monoisotopic (exact) mass is 229 g/mol. The molecule has 1 heterocycles. The van der Waals surface area contributed by atoms with Crippen molar-refractivity contribution in [3.05, 3.63) is 0 Å². The van der Waals surface area contributed by atoms with Crippen LogP contribution in [-0.4, -0.2) is 38.9 Å². The van der Waals surface area contributed by atoms with Crippen molar-refractivity contribution in [2.45, 2.75) is 33.3 Å². The Morgan fingerprint density at radius 3 is 2.75 bits per heavy atom. The van der Waals surface area contributed by atoms with Crippen molar-refractivity contribution in [1.82, 2.24) is 5.32 Å². The second kappa shape index (κ2) is 5.64. The fraction of sp³-hybridized carbons (Fsp3) is 0.917. The van der Waals surface area contributed by atoms with E-state index in [2.05, 4.69) is 26.1 Å². The van der Waals surface area contributed by atoms with Gasteiger partial charge in [-0.15, -0.1) is 0 Å². The van der Waals surface area contributed by atoms with Crippen molar-refractivity contribution in [3.8, 4) is 0 Å². The van der Waals surface area contributed by atoms with Crippen molar-refractivity contribution in [2.75, 3.05) is 26.9 Å². The summed E-state index contributed by atoms with van der Waals surface area (Å²) >= 11 is 0. The third kappa shape index (κ3) is 3.76. The highest BCUT2D eigenvalue weighted by Gasteiger charge is 2.37. The minimum Gasteiger partial charge on any atom is -0.377 e. The number of carbonyl (C=O) groups is 1. The van der Waals surface area contributed by atoms with Gasteiger partial charge in [0.2, 0.25) is 5.91 Å². The summed E-state index contributed by atoms with van der Waals surface area (Å²) in [6.07, 6.45) is 1.25. The van der Waals surface area contributed by atoms with Crippen LogP contribution in [0.3, 0.4) is 0 Å². The Labute approximate surface area is 97.7 Å². The predicted molar refractivity (Wildman–Crippen MR) is 62.2 cm³/mol. The summed E-state index contributed by atoms with van der Waals surface area (Å²) in [5, 5.41) is 2.88. The number of rotatable bonds is 4. The first-order valence-corrected chi connectivity index (χ1v) is 5.82. The molecule has 0 unspecified atom stereocenters. The summed E-state index contributed by atoms with van der Waals surface area (Å²) in [4.78, 5) is 11.3. The van der Waals surface area contributed by atoms with Crippen LogP contribution in [0.1, 0.15) is 27.2 Å². The molecule has 1 fully saturated rings. The highest BCUT2D eigenvalue weighted by molar-refractivity contribution is 5.77. The van der Waals surface area contributed by atoms with Crippen LogP contribution >= 0.6 is 0 Å². The zero-order valence-corrected chi connectivity index (χ0v) is 10.7. The van der Waals surface area contributed by atoms with Crippen molar-refractivity contribution in [2.24, 2.45) is 11.3 Å². The zero-order chi connectivity index (χ0) is 12.2. The molecule has 16 heavy (non-hydrogen) atoms. The lowest BCUT2D eigenvalue weighted by molar-refractivity contribution is -0.125. The van der Waals surface area contributed by atoms with E-state index >= 15 is 0 Å². The fourth-order valence-corrected chi connectivity index (χ4v) is 2.23. The molecule has 1 amide bonds. The third-order valence-corrected chi connectivity index (χ3v) is 2.90. The highest BCUT2D eigenvalue weighted by atomic mass is 16.5. The molecule has 0 aliphatic carbocycles. The van der Waals surface area contributed by atoms with Crippen molar-refractivity contribution >= 4 is 5.91 Å². The molecule has 4 nitrogen and oxygen atoms in total. The first kappa shape index (κ1) is 13.5. The molecule has 0 aromatic rings. The Morgan fingerprint density at radius 1 is 1.50 bits per heavy atom. The van der Waals surface area contributed by atoms with E-state index in [-0.39, 0.29) is 24.0 Å². The van der Waals surface area contributed by atoms with Gasteiger partial charge in [-0.25, -0.2) is 0 Å². The molecular weight excluding hydrogens is 206 g/mol. The largest absolute Gasteiger partial charge is 0.377 e. The molecule has 1 aliphatic rings. The highest BCUT2D eigenvalue weighted by Crippen LogP contribution is 2.34. The van der Waals surface area contributed by atoms with E-state index in [9.17, 15) is 4.79 Å². The summed E-state index contributed by atoms with van der Waals surface area (Å²) in [5.74, 6) is 0.364. The lowest BCUT2D eigenvalue weighted by atomic mass is 9.81. The van der Waals surface area contributed by atoms with Gasteiger partial charge in [0.1, 0.15) is 6.61 Å². The first-order valence-electron chi connectivity index (χ1n) is 5.82. The van der Waals surface area contributed by atoms with Gasteiger partial charge in [0, 0.05) is 26.2 Å². The van der Waals surface area contributed by atoms with E-state index in [1.54, 1.807) is 0 Å². The molecule has 0 saturated carbocycles. The SMILES string of the molecule is COCC(=O)NC[C@H]1CCO[C@@H]1C(C)(C)C. The maximum atomic E-state index is 11.3. The summed E-state index contributed by atoms with van der Waals surface area (Å²) < 4.78 is 10.5. The maximum Gasteiger partial charge on any atom is 0.245 e. The zero-order valence-electron chi connectivity index (χ0n) is 10.7. The van der Waals surface area contributed by atoms with Crippen LogP contribution in [0.5, 0.6) is 0 Å². The Morgan fingerprint density at radius 2 is 2.19 bits per heavy atom. The average molecular weight is 229 g/mol. The first-order chi connectivity index (χ1) is 7.45. The number of carbonyl (C=O) groups excluding carboxylic acids is 1. The molecule has 4 heteroatoms. The molecular formula is C12H23NO3. The van der Waals surface area contributed by atoms with Gasteiger partial charge in [0.25, 0.3) is 0 Å². The molecule has 0 aromatic heterocycles. The summed E-state index contributed by atoms with van der Waals surface area (Å²) in [6.45, 7) is 8.14. The Balaban J connectivity index is 2.39. The maximum absolute atomic E-state index is 11.3. The summed E-state index contributed by atoms with van der Waals surface area (Å²) in [7, 11) is 1.52. The summed E-state index contributed by atoms with van der Waals surface area (Å²) in [5.41, 5.74) is 0.132. The molecule has 0 spiro atoms. The van der Waals surface area contributed by atoms with Crippen LogP contribution in [0.2, 0.25) is 0 Å². The van der Waals surface area contributed by atoms with E-state index < -0.39 is 0 Å². The van der Waals surface area contributed by atoms with Crippen molar-refractivity contribution in [3.63, 3.8) is 0 Å². The Kier molecular flexibility index (Phi) is 4.74. The number of methoxy groups -OCH3 is 1. The van der Waals surface area contributed by atoms with E-state index in [4.69, 9.17) is 9.47 Å². The molecule has 1 saturated heterocycles. The minimum absolute atomic E-state index is 0.0536. The Hall–Kier alpha value is -0.610. The Bertz CT molecular complexity index is 235. The van der Waals surface area contributed by atoms with E-state index in [0.717, 1.165) is 13.0 Å². The van der Waals surface area contributed by atoms with Gasteiger partial charge in [-0.1, -0.05) is 20.8 Å². The van der Waals surface area contributed by atoms with Gasteiger partial charge in [-0.3, -0.25) is 4.79 Å². The lowest BCUT2D eigenvalue weighted by Gasteiger charge is -2.31. The minimum atomic E-state index is -0.0536. The van der Waals surface area contributed by atoms with Crippen LogP contribution < -0.4 is 5.32 Å². The molecule has 1 rings (SSSR count). The van der Waals surface area contributed by atoms with E-state index in [1.807, 2.05) is 0 Å². The average Bonchev–Trinajstić information content (AvgIpc) is 2.62. The second-order valence-corrected chi connectivity index (χ2v) is 5.44. The number of hydrogen-bond donors (Lipinski definition) is 1. The fourth-order valence-electron chi connectivity index (χ4n) is 2.23. The number of nitrogens with one attached hydrogen (secondary N) is 1. The van der Waals surface area contributed by atoms with E-state index in [0.29, 0.717) is 12.5 Å². The molecule has 0 bridgehead atoms. The molecule has 2 atom stereocenters. The van der Waals surface area contributed by atoms with Crippen molar-refractivity contribution < 1.29 is 14.3 Å². The van der Waals surface area contributed by atoms with Gasteiger partial charge >= 0.3 is 0 Å². The number of hydrogen-bond acceptors (Lipinski definition) is 3. The van der Waals surface area contributed by atoms with Gasteiger partial charge in [0.15, 0.2) is 0 Å². The van der Waals surface area contributed by atoms with Gasteiger partial charge in [-0.05, 0) is 11.8 Å². The van der Waals surface area contributed by atoms with E-state index in [1.165, 1.54) is 7.11 Å². The topological polar surface area (TPSA) is 47.6 Å². The van der Waals surface area contributed by atoms with Gasteiger partial charge < -0.3 is 14.8 Å². The smallest absolute Gasteiger partial charge is 0.245 e. The van der Waals surface area contributed by atoms with Gasteiger partial charge in [0.05, 0.1) is 6.10 Å².